The Labute approximate surface area is 159 Å². The normalized spacial score (nSPS) is 12.3. The molecule has 154 valence electrons. The number of benzene rings is 1. The van der Waals surface area contributed by atoms with Gasteiger partial charge in [0.2, 0.25) is 16.0 Å². The highest BCUT2D eigenvalue weighted by Gasteiger charge is 2.31. The van der Waals surface area contributed by atoms with Crippen LogP contribution in [0.5, 0.6) is 5.75 Å². The summed E-state index contributed by atoms with van der Waals surface area (Å²) in [4.78, 5) is 7.95. The van der Waals surface area contributed by atoms with Crippen molar-refractivity contribution >= 4 is 16.0 Å². The summed E-state index contributed by atoms with van der Waals surface area (Å²) in [5, 5.41) is 17.9. The first-order valence-corrected chi connectivity index (χ1v) is 9.63. The Balaban J connectivity index is 2.57. The predicted molar refractivity (Wildman–Crippen MR) is 94.2 cm³/mol. The predicted octanol–water partition coefficient (Wildman–Crippen LogP) is 1.56. The van der Waals surface area contributed by atoms with Gasteiger partial charge in [-0.15, -0.1) is 0 Å². The van der Waals surface area contributed by atoms with Crippen molar-refractivity contribution in [3.05, 3.63) is 35.7 Å². The monoisotopic (exact) mass is 421 g/mol. The summed E-state index contributed by atoms with van der Waals surface area (Å²) >= 11 is 0. The summed E-state index contributed by atoms with van der Waals surface area (Å²) in [5.41, 5.74) is -0.605. The SMILES string of the molecule is Cc1nc(N(C)S(C)(=O)=O)ncc1-c1cc(C(F)(F)F)ccc1OCC(O)O. The van der Waals surface area contributed by atoms with E-state index in [9.17, 15) is 21.6 Å². The van der Waals surface area contributed by atoms with Crippen molar-refractivity contribution in [3.63, 3.8) is 0 Å². The zero-order valence-electron chi connectivity index (χ0n) is 15.1. The van der Waals surface area contributed by atoms with E-state index in [0.29, 0.717) is 0 Å². The van der Waals surface area contributed by atoms with Crippen LogP contribution in [0.15, 0.2) is 24.4 Å². The molecule has 0 amide bonds. The first kappa shape index (κ1) is 21.9. The fourth-order valence-electron chi connectivity index (χ4n) is 2.23. The molecule has 0 bridgehead atoms. The fourth-order valence-corrected chi connectivity index (χ4v) is 2.61. The molecular formula is C16H18F3N3O5S. The number of sulfonamides is 1. The average Bonchev–Trinajstić information content (AvgIpc) is 2.57. The fraction of sp³-hybridized carbons (Fsp3) is 0.375. The molecular weight excluding hydrogens is 403 g/mol. The summed E-state index contributed by atoms with van der Waals surface area (Å²) in [6.45, 7) is 0.911. The number of alkyl halides is 3. The maximum absolute atomic E-state index is 13.1. The molecule has 8 nitrogen and oxygen atoms in total. The van der Waals surface area contributed by atoms with Gasteiger partial charge in [-0.05, 0) is 25.1 Å². The number of aliphatic hydroxyl groups excluding tert-OH is 1. The Bertz CT molecular complexity index is 964. The summed E-state index contributed by atoms with van der Waals surface area (Å²) in [7, 11) is -2.38. The van der Waals surface area contributed by atoms with Gasteiger partial charge in [0.1, 0.15) is 12.4 Å². The quantitative estimate of drug-likeness (QED) is 0.681. The van der Waals surface area contributed by atoms with Crippen LogP contribution >= 0.6 is 0 Å². The molecule has 2 aromatic rings. The van der Waals surface area contributed by atoms with Crippen LogP contribution < -0.4 is 9.04 Å². The van der Waals surface area contributed by atoms with Crippen molar-refractivity contribution in [1.82, 2.24) is 9.97 Å². The Morgan fingerprint density at radius 2 is 1.89 bits per heavy atom. The second-order valence-corrected chi connectivity index (χ2v) is 7.91. The van der Waals surface area contributed by atoms with Crippen molar-refractivity contribution < 1.29 is 36.5 Å². The van der Waals surface area contributed by atoms with Gasteiger partial charge >= 0.3 is 6.18 Å². The zero-order chi connectivity index (χ0) is 21.3. The number of rotatable bonds is 6. The molecule has 0 fully saturated rings. The number of nitrogens with zero attached hydrogens (tertiary/aromatic N) is 3. The van der Waals surface area contributed by atoms with E-state index in [1.165, 1.54) is 20.2 Å². The second-order valence-electron chi connectivity index (χ2n) is 5.90. The molecule has 0 unspecified atom stereocenters. The third-order valence-corrected chi connectivity index (χ3v) is 4.89. The van der Waals surface area contributed by atoms with Crippen molar-refractivity contribution in [2.45, 2.75) is 19.4 Å². The molecule has 0 saturated carbocycles. The van der Waals surface area contributed by atoms with Crippen molar-refractivity contribution in [2.75, 3.05) is 24.2 Å². The molecule has 0 spiro atoms. The van der Waals surface area contributed by atoms with E-state index in [1.807, 2.05) is 0 Å². The van der Waals surface area contributed by atoms with E-state index >= 15 is 0 Å². The Morgan fingerprint density at radius 3 is 2.39 bits per heavy atom. The van der Waals surface area contributed by atoms with Gasteiger partial charge in [-0.25, -0.2) is 22.7 Å². The van der Waals surface area contributed by atoms with Gasteiger partial charge in [0, 0.05) is 24.4 Å². The maximum Gasteiger partial charge on any atom is 0.416 e. The smallest absolute Gasteiger partial charge is 0.416 e. The molecule has 2 rings (SSSR count). The minimum absolute atomic E-state index is 0.0264. The van der Waals surface area contributed by atoms with Crippen LogP contribution in [0.25, 0.3) is 11.1 Å². The standard InChI is InChI=1S/C16H18F3N3O5S/c1-9-12(7-20-15(21-9)22(2)28(3,25)26)11-6-10(16(17,18)19)4-5-13(11)27-8-14(23)24/h4-7,14,23-24H,8H2,1-3H3. The number of ether oxygens (including phenoxy) is 1. The lowest BCUT2D eigenvalue weighted by atomic mass is 10.0. The van der Waals surface area contributed by atoms with Crippen LogP contribution in [-0.2, 0) is 16.2 Å². The Morgan fingerprint density at radius 1 is 1.25 bits per heavy atom. The summed E-state index contributed by atoms with van der Waals surface area (Å²) in [5.74, 6) is -0.194. The molecule has 28 heavy (non-hydrogen) atoms. The van der Waals surface area contributed by atoms with E-state index in [1.54, 1.807) is 0 Å². The first-order chi connectivity index (χ1) is 12.8. The summed E-state index contributed by atoms with van der Waals surface area (Å²) in [6.07, 6.45) is -4.30. The molecule has 0 saturated heterocycles. The summed E-state index contributed by atoms with van der Waals surface area (Å²) < 4.78 is 68.5. The number of hydrogen-bond donors (Lipinski definition) is 2. The van der Waals surface area contributed by atoms with Crippen LogP contribution in [0, 0.1) is 6.92 Å². The van der Waals surface area contributed by atoms with Crippen LogP contribution in [0.3, 0.4) is 0 Å². The molecule has 0 aliphatic rings. The minimum Gasteiger partial charge on any atom is -0.488 e. The number of halogens is 3. The first-order valence-electron chi connectivity index (χ1n) is 7.79. The Kier molecular flexibility index (Phi) is 6.16. The van der Waals surface area contributed by atoms with E-state index in [2.05, 4.69) is 9.97 Å². The molecule has 1 aromatic carbocycles. The minimum atomic E-state index is -4.62. The van der Waals surface area contributed by atoms with E-state index in [-0.39, 0.29) is 28.5 Å². The lowest BCUT2D eigenvalue weighted by Crippen LogP contribution is -2.27. The van der Waals surface area contributed by atoms with Gasteiger partial charge in [0.25, 0.3) is 0 Å². The average molecular weight is 421 g/mol. The van der Waals surface area contributed by atoms with Crippen LogP contribution in [0.1, 0.15) is 11.3 Å². The van der Waals surface area contributed by atoms with Gasteiger partial charge in [-0.3, -0.25) is 0 Å². The molecule has 1 heterocycles. The lowest BCUT2D eigenvalue weighted by Gasteiger charge is -2.18. The number of aliphatic hydroxyl groups is 2. The van der Waals surface area contributed by atoms with Gasteiger partial charge in [-0.1, -0.05) is 0 Å². The van der Waals surface area contributed by atoms with Gasteiger partial charge < -0.3 is 14.9 Å². The molecule has 0 atom stereocenters. The molecule has 2 N–H and O–H groups in total. The number of anilines is 1. The van der Waals surface area contributed by atoms with Crippen LogP contribution in [0.2, 0.25) is 0 Å². The van der Waals surface area contributed by atoms with Crippen LogP contribution in [0.4, 0.5) is 19.1 Å². The zero-order valence-corrected chi connectivity index (χ0v) is 15.9. The maximum atomic E-state index is 13.1. The number of aryl methyl sites for hydroxylation is 1. The topological polar surface area (TPSA) is 113 Å². The Hall–Kier alpha value is -2.44. The molecule has 1 aromatic heterocycles. The second kappa shape index (κ2) is 7.89. The summed E-state index contributed by atoms with van der Waals surface area (Å²) in [6, 6.07) is 2.67. The van der Waals surface area contributed by atoms with Crippen molar-refractivity contribution in [1.29, 1.82) is 0 Å². The van der Waals surface area contributed by atoms with E-state index in [4.69, 9.17) is 14.9 Å². The van der Waals surface area contributed by atoms with Crippen molar-refractivity contribution in [3.8, 4) is 16.9 Å². The van der Waals surface area contributed by atoms with Crippen molar-refractivity contribution in [2.24, 2.45) is 0 Å². The number of aromatic nitrogens is 2. The van der Waals surface area contributed by atoms with Crippen LogP contribution in [-0.4, -0.2) is 54.8 Å². The highest BCUT2D eigenvalue weighted by molar-refractivity contribution is 7.92. The molecule has 0 radical (unpaired) electrons. The highest BCUT2D eigenvalue weighted by atomic mass is 32.2. The third kappa shape index (κ3) is 5.09. The highest BCUT2D eigenvalue weighted by Crippen LogP contribution is 2.38. The van der Waals surface area contributed by atoms with Gasteiger partial charge in [0.05, 0.1) is 17.5 Å². The largest absolute Gasteiger partial charge is 0.488 e. The van der Waals surface area contributed by atoms with Gasteiger partial charge in [0.15, 0.2) is 6.29 Å². The van der Waals surface area contributed by atoms with Gasteiger partial charge in [-0.2, -0.15) is 13.2 Å². The lowest BCUT2D eigenvalue weighted by molar-refractivity contribution is -0.137. The van der Waals surface area contributed by atoms with E-state index < -0.39 is 34.7 Å². The molecule has 0 aliphatic heterocycles. The number of hydrogen-bond acceptors (Lipinski definition) is 7. The molecule has 12 heteroatoms. The van der Waals surface area contributed by atoms with E-state index in [0.717, 1.165) is 28.8 Å². The molecule has 0 aliphatic carbocycles. The third-order valence-electron chi connectivity index (χ3n) is 3.73.